The fourth-order valence-electron chi connectivity index (χ4n) is 1.48. The number of nitrogens with zero attached hydrogens (tertiary/aromatic N) is 2. The minimum Gasteiger partial charge on any atom is -0.394 e. The molecule has 0 amide bonds. The smallest absolute Gasteiger partial charge is 0.222 e. The molecule has 0 saturated heterocycles. The van der Waals surface area contributed by atoms with Gasteiger partial charge in [0.25, 0.3) is 0 Å². The first-order valence-corrected chi connectivity index (χ1v) is 5.10. The molecule has 1 aromatic heterocycles. The monoisotopic (exact) mass is 218 g/mol. The summed E-state index contributed by atoms with van der Waals surface area (Å²) < 4.78 is 0. The second-order valence-corrected chi connectivity index (χ2v) is 3.68. The number of rotatable bonds is 3. The summed E-state index contributed by atoms with van der Waals surface area (Å²) in [5, 5.41) is 13.0. The van der Waals surface area contributed by atoms with Crippen molar-refractivity contribution in [2.24, 2.45) is 0 Å². The summed E-state index contributed by atoms with van der Waals surface area (Å²) in [7, 11) is 0. The molecule has 16 heavy (non-hydrogen) atoms. The van der Waals surface area contributed by atoms with Crippen LogP contribution in [0, 0.1) is 0 Å². The van der Waals surface area contributed by atoms with Crippen LogP contribution >= 0.6 is 0 Å². The molecule has 0 fully saturated rings. The maximum Gasteiger partial charge on any atom is 0.222 e. The standard InChI is InChI=1S/C11H14N4O/c1-7(6-16)13-10-8-4-2-3-5-9(8)14-11(12)15-10/h2-5,7,16H,6H2,1H3,(H3,12,13,14,15). The Morgan fingerprint density at radius 1 is 1.38 bits per heavy atom. The zero-order chi connectivity index (χ0) is 11.5. The number of aliphatic hydroxyl groups is 1. The molecule has 1 aromatic carbocycles. The van der Waals surface area contributed by atoms with Crippen molar-refractivity contribution < 1.29 is 5.11 Å². The van der Waals surface area contributed by atoms with Crippen LogP contribution in [0.1, 0.15) is 6.92 Å². The lowest BCUT2D eigenvalue weighted by atomic mass is 10.2. The third-order valence-electron chi connectivity index (χ3n) is 2.28. The zero-order valence-corrected chi connectivity index (χ0v) is 9.01. The van der Waals surface area contributed by atoms with Gasteiger partial charge in [-0.25, -0.2) is 4.98 Å². The molecule has 1 atom stereocenters. The summed E-state index contributed by atoms with van der Waals surface area (Å²) in [6.07, 6.45) is 0. The predicted octanol–water partition coefficient (Wildman–Crippen LogP) is 1.00. The van der Waals surface area contributed by atoms with Crippen LogP contribution in [0.4, 0.5) is 11.8 Å². The van der Waals surface area contributed by atoms with Crippen LogP contribution in [-0.2, 0) is 0 Å². The molecular formula is C11H14N4O. The van der Waals surface area contributed by atoms with Crippen LogP contribution in [0.3, 0.4) is 0 Å². The molecule has 0 aliphatic carbocycles. The molecule has 0 aliphatic heterocycles. The van der Waals surface area contributed by atoms with E-state index < -0.39 is 0 Å². The molecule has 0 bridgehead atoms. The molecule has 1 heterocycles. The molecule has 0 radical (unpaired) electrons. The Morgan fingerprint density at radius 3 is 2.88 bits per heavy atom. The molecule has 5 nitrogen and oxygen atoms in total. The number of benzene rings is 1. The SMILES string of the molecule is CC(CO)Nc1nc(N)nc2ccccc12. The number of nitrogens with one attached hydrogen (secondary N) is 1. The van der Waals surface area contributed by atoms with Gasteiger partial charge in [0.1, 0.15) is 5.82 Å². The Balaban J connectivity index is 2.50. The van der Waals surface area contributed by atoms with Crippen LogP contribution in [0.15, 0.2) is 24.3 Å². The maximum absolute atomic E-state index is 9.00. The topological polar surface area (TPSA) is 84.1 Å². The van der Waals surface area contributed by atoms with Crippen molar-refractivity contribution in [1.29, 1.82) is 0 Å². The summed E-state index contributed by atoms with van der Waals surface area (Å²) in [5.74, 6) is 0.885. The lowest BCUT2D eigenvalue weighted by Gasteiger charge is -2.13. The van der Waals surface area contributed by atoms with Crippen LogP contribution in [-0.4, -0.2) is 27.7 Å². The van der Waals surface area contributed by atoms with E-state index in [2.05, 4.69) is 15.3 Å². The van der Waals surface area contributed by atoms with Crippen LogP contribution in [0.5, 0.6) is 0 Å². The van der Waals surface area contributed by atoms with Gasteiger partial charge >= 0.3 is 0 Å². The number of hydrogen-bond donors (Lipinski definition) is 3. The van der Waals surface area contributed by atoms with E-state index in [1.807, 2.05) is 31.2 Å². The van der Waals surface area contributed by atoms with Crippen molar-refractivity contribution in [3.05, 3.63) is 24.3 Å². The number of para-hydroxylation sites is 1. The first-order chi connectivity index (χ1) is 7.70. The van der Waals surface area contributed by atoms with Gasteiger partial charge in [-0.1, -0.05) is 12.1 Å². The summed E-state index contributed by atoms with van der Waals surface area (Å²) in [6.45, 7) is 1.91. The van der Waals surface area contributed by atoms with Crippen LogP contribution in [0.2, 0.25) is 0 Å². The van der Waals surface area contributed by atoms with E-state index in [1.165, 1.54) is 0 Å². The van der Waals surface area contributed by atoms with Gasteiger partial charge in [-0.2, -0.15) is 4.98 Å². The summed E-state index contributed by atoms with van der Waals surface area (Å²) in [6, 6.07) is 7.53. The Hall–Kier alpha value is -1.88. The highest BCUT2D eigenvalue weighted by Crippen LogP contribution is 2.21. The van der Waals surface area contributed by atoms with E-state index in [-0.39, 0.29) is 18.6 Å². The van der Waals surface area contributed by atoms with Crippen molar-refractivity contribution >= 4 is 22.7 Å². The first-order valence-electron chi connectivity index (χ1n) is 5.10. The van der Waals surface area contributed by atoms with Crippen LogP contribution < -0.4 is 11.1 Å². The number of aliphatic hydroxyl groups excluding tert-OH is 1. The Labute approximate surface area is 93.3 Å². The number of hydrogen-bond acceptors (Lipinski definition) is 5. The molecule has 0 spiro atoms. The van der Waals surface area contributed by atoms with Gasteiger partial charge in [-0.3, -0.25) is 0 Å². The van der Waals surface area contributed by atoms with Crippen molar-refractivity contribution in [1.82, 2.24) is 9.97 Å². The molecule has 84 valence electrons. The van der Waals surface area contributed by atoms with Gasteiger partial charge in [-0.15, -0.1) is 0 Å². The quantitative estimate of drug-likeness (QED) is 0.716. The summed E-state index contributed by atoms with van der Waals surface area (Å²) >= 11 is 0. The average molecular weight is 218 g/mol. The first kappa shape index (κ1) is 10.6. The molecule has 0 aliphatic rings. The van der Waals surface area contributed by atoms with Gasteiger partial charge in [0.2, 0.25) is 5.95 Å². The minimum absolute atomic E-state index is 0.0399. The molecule has 2 rings (SSSR count). The molecule has 4 N–H and O–H groups in total. The second kappa shape index (κ2) is 4.32. The number of nitrogens with two attached hydrogens (primary N) is 1. The van der Waals surface area contributed by atoms with Gasteiger partial charge in [-0.05, 0) is 19.1 Å². The van der Waals surface area contributed by atoms with E-state index in [0.717, 1.165) is 10.9 Å². The predicted molar refractivity (Wildman–Crippen MR) is 64.1 cm³/mol. The van der Waals surface area contributed by atoms with E-state index in [4.69, 9.17) is 10.8 Å². The van der Waals surface area contributed by atoms with Crippen molar-refractivity contribution in [2.75, 3.05) is 17.7 Å². The molecule has 2 aromatic rings. The lowest BCUT2D eigenvalue weighted by Crippen LogP contribution is -2.20. The highest BCUT2D eigenvalue weighted by atomic mass is 16.3. The Bertz CT molecular complexity index is 500. The van der Waals surface area contributed by atoms with Crippen LogP contribution in [0.25, 0.3) is 10.9 Å². The van der Waals surface area contributed by atoms with Gasteiger partial charge in [0.15, 0.2) is 0 Å². The van der Waals surface area contributed by atoms with E-state index >= 15 is 0 Å². The summed E-state index contributed by atoms with van der Waals surface area (Å²) in [5.41, 5.74) is 6.41. The molecule has 1 unspecified atom stereocenters. The zero-order valence-electron chi connectivity index (χ0n) is 9.01. The van der Waals surface area contributed by atoms with Crippen molar-refractivity contribution in [3.8, 4) is 0 Å². The lowest BCUT2D eigenvalue weighted by molar-refractivity contribution is 0.281. The molecule has 0 saturated carbocycles. The molecule has 5 heteroatoms. The largest absolute Gasteiger partial charge is 0.394 e. The Kier molecular flexibility index (Phi) is 2.87. The van der Waals surface area contributed by atoms with E-state index in [1.54, 1.807) is 0 Å². The number of anilines is 2. The third-order valence-corrected chi connectivity index (χ3v) is 2.28. The third kappa shape index (κ3) is 2.04. The number of nitrogen functional groups attached to an aromatic ring is 1. The number of aromatic nitrogens is 2. The minimum atomic E-state index is -0.0716. The maximum atomic E-state index is 9.00. The Morgan fingerprint density at radius 2 is 2.12 bits per heavy atom. The summed E-state index contributed by atoms with van der Waals surface area (Å²) in [4.78, 5) is 8.27. The average Bonchev–Trinajstić information content (AvgIpc) is 2.28. The van der Waals surface area contributed by atoms with Crippen molar-refractivity contribution in [2.45, 2.75) is 13.0 Å². The second-order valence-electron chi connectivity index (χ2n) is 3.68. The number of fused-ring (bicyclic) bond motifs is 1. The van der Waals surface area contributed by atoms with Gasteiger partial charge in [0.05, 0.1) is 12.1 Å². The van der Waals surface area contributed by atoms with E-state index in [9.17, 15) is 0 Å². The molecular weight excluding hydrogens is 204 g/mol. The highest BCUT2D eigenvalue weighted by Gasteiger charge is 2.07. The van der Waals surface area contributed by atoms with Crippen molar-refractivity contribution in [3.63, 3.8) is 0 Å². The normalized spacial score (nSPS) is 12.6. The van der Waals surface area contributed by atoms with Gasteiger partial charge in [0, 0.05) is 11.4 Å². The van der Waals surface area contributed by atoms with E-state index in [0.29, 0.717) is 5.82 Å². The highest BCUT2D eigenvalue weighted by molar-refractivity contribution is 5.89. The fourth-order valence-corrected chi connectivity index (χ4v) is 1.48. The van der Waals surface area contributed by atoms with Gasteiger partial charge < -0.3 is 16.2 Å². The fraction of sp³-hybridized carbons (Fsp3) is 0.273.